The quantitative estimate of drug-likeness (QED) is 0.204. The molecule has 1 aliphatic rings. The molecule has 1 saturated heterocycles. The lowest BCUT2D eigenvalue weighted by atomic mass is 9.63. The second-order valence-corrected chi connectivity index (χ2v) is 13.0. The molecule has 4 aromatic rings. The highest BCUT2D eigenvalue weighted by Crippen LogP contribution is 2.53. The number of hydrogen-bond acceptors (Lipinski definition) is 4. The fraction of sp³-hybridized carbons (Fsp3) is 0.312. The molecule has 5 rings (SSSR count). The number of carboxylic acid groups (broad SMARTS) is 1. The van der Waals surface area contributed by atoms with E-state index in [1.165, 1.54) is 18.2 Å². The van der Waals surface area contributed by atoms with Gasteiger partial charge < -0.3 is 20.2 Å². The average Bonchev–Trinajstić information content (AvgIpc) is 3.44. The van der Waals surface area contributed by atoms with Crippen LogP contribution < -0.4 is 10.6 Å². The standard InChI is InChI=1S/C32H30Cl2F2N2O4/c1-31(2,3)15-25-32(4,20-10-8-17(33)14-22(20)35)26(19-6-5-7-21(34)27(19)36)28(38-25)29(39)37-18-9-11-23-16(12-18)13-24(42-23)30(40)41/h5-14,25-26,28,38H,15H2,1-4H3,(H,37,39)(H,40,41)/t25-,26-,28+,32-/m0/s1. The molecule has 4 atom stereocenters. The van der Waals surface area contributed by atoms with Gasteiger partial charge in [0.1, 0.15) is 17.2 Å². The van der Waals surface area contributed by atoms with E-state index in [0.29, 0.717) is 28.6 Å². The molecular weight excluding hydrogens is 585 g/mol. The van der Waals surface area contributed by atoms with Gasteiger partial charge in [0.15, 0.2) is 0 Å². The maximum atomic E-state index is 15.8. The van der Waals surface area contributed by atoms with Gasteiger partial charge in [-0.1, -0.05) is 69.1 Å². The predicted molar refractivity (Wildman–Crippen MR) is 159 cm³/mol. The minimum Gasteiger partial charge on any atom is -0.475 e. The number of carbonyl (C=O) groups is 2. The molecule has 3 N–H and O–H groups in total. The van der Waals surface area contributed by atoms with Gasteiger partial charge in [0.05, 0.1) is 11.1 Å². The Labute approximate surface area is 252 Å². The van der Waals surface area contributed by atoms with Crippen LogP contribution in [0.4, 0.5) is 14.5 Å². The van der Waals surface area contributed by atoms with Crippen LogP contribution in [0.5, 0.6) is 0 Å². The molecule has 2 heterocycles. The Morgan fingerprint density at radius 3 is 2.48 bits per heavy atom. The van der Waals surface area contributed by atoms with E-state index in [1.54, 1.807) is 42.5 Å². The highest BCUT2D eigenvalue weighted by atomic mass is 35.5. The number of anilines is 1. The van der Waals surface area contributed by atoms with E-state index in [4.69, 9.17) is 27.6 Å². The highest BCUT2D eigenvalue weighted by Gasteiger charge is 2.57. The van der Waals surface area contributed by atoms with E-state index < -0.39 is 46.9 Å². The van der Waals surface area contributed by atoms with Crippen LogP contribution in [0, 0.1) is 17.0 Å². The summed E-state index contributed by atoms with van der Waals surface area (Å²) in [5, 5.41) is 16.2. The summed E-state index contributed by atoms with van der Waals surface area (Å²) < 4.78 is 36.8. The zero-order chi connectivity index (χ0) is 30.6. The monoisotopic (exact) mass is 614 g/mol. The maximum absolute atomic E-state index is 15.8. The molecule has 1 amide bonds. The van der Waals surface area contributed by atoms with Crippen molar-refractivity contribution in [3.05, 3.63) is 99.2 Å². The summed E-state index contributed by atoms with van der Waals surface area (Å²) in [6, 6.07) is 13.7. The first-order chi connectivity index (χ1) is 19.7. The summed E-state index contributed by atoms with van der Waals surface area (Å²) in [5.74, 6) is -4.03. The van der Waals surface area contributed by atoms with Crippen LogP contribution in [0.15, 0.2) is 65.1 Å². The SMILES string of the molecule is CC(C)(C)C[C@@H]1N[C@@H](C(=O)Nc2ccc3oc(C(=O)O)cc3c2)[C@H](c2cccc(Cl)c2F)[C@@]1(C)c1ccc(Cl)cc1F. The third-order valence-electron chi connectivity index (χ3n) is 8.01. The van der Waals surface area contributed by atoms with Crippen LogP contribution in [0.1, 0.15) is 61.7 Å². The van der Waals surface area contributed by atoms with Gasteiger partial charge >= 0.3 is 5.97 Å². The Bertz CT molecular complexity index is 1700. The van der Waals surface area contributed by atoms with Gasteiger partial charge in [0.2, 0.25) is 11.7 Å². The van der Waals surface area contributed by atoms with Crippen molar-refractivity contribution in [3.8, 4) is 0 Å². The minimum absolute atomic E-state index is 0.107. The lowest BCUT2D eigenvalue weighted by Crippen LogP contribution is -2.44. The molecule has 0 aliphatic carbocycles. The Balaban J connectivity index is 1.63. The van der Waals surface area contributed by atoms with Crippen molar-refractivity contribution >= 4 is 51.7 Å². The third-order valence-corrected chi connectivity index (χ3v) is 8.53. The van der Waals surface area contributed by atoms with Crippen molar-refractivity contribution in [2.24, 2.45) is 5.41 Å². The second kappa shape index (κ2) is 11.0. The van der Waals surface area contributed by atoms with Crippen LogP contribution in [0.3, 0.4) is 0 Å². The van der Waals surface area contributed by atoms with Gasteiger partial charge in [-0.15, -0.1) is 0 Å². The number of benzene rings is 3. The number of furan rings is 1. The first-order valence-electron chi connectivity index (χ1n) is 13.4. The lowest BCUT2D eigenvalue weighted by Gasteiger charge is -2.40. The molecule has 0 unspecified atom stereocenters. The number of halogens is 4. The Hall–Kier alpha value is -3.46. The van der Waals surface area contributed by atoms with Gasteiger partial charge in [-0.25, -0.2) is 13.6 Å². The Morgan fingerprint density at radius 1 is 1.07 bits per heavy atom. The fourth-order valence-electron chi connectivity index (χ4n) is 6.15. The molecule has 3 aromatic carbocycles. The zero-order valence-corrected chi connectivity index (χ0v) is 24.9. The topological polar surface area (TPSA) is 91.6 Å². The number of nitrogens with one attached hydrogen (secondary N) is 2. The van der Waals surface area contributed by atoms with Crippen molar-refractivity contribution in [3.63, 3.8) is 0 Å². The number of carboxylic acids is 1. The van der Waals surface area contributed by atoms with E-state index >= 15 is 8.78 Å². The minimum atomic E-state index is -1.21. The predicted octanol–water partition coefficient (Wildman–Crippen LogP) is 8.17. The van der Waals surface area contributed by atoms with Gasteiger partial charge in [0, 0.05) is 33.5 Å². The molecule has 1 aromatic heterocycles. The molecule has 0 spiro atoms. The van der Waals surface area contributed by atoms with E-state index in [1.807, 2.05) is 27.7 Å². The van der Waals surface area contributed by atoms with E-state index in [-0.39, 0.29) is 26.8 Å². The number of amides is 1. The number of rotatable bonds is 6. The number of fused-ring (bicyclic) bond motifs is 1. The summed E-state index contributed by atoms with van der Waals surface area (Å²) >= 11 is 12.3. The molecular formula is C32H30Cl2F2N2O4. The molecule has 0 saturated carbocycles. The summed E-state index contributed by atoms with van der Waals surface area (Å²) in [4.78, 5) is 25.4. The molecule has 1 fully saturated rings. The van der Waals surface area contributed by atoms with Crippen LogP contribution >= 0.6 is 23.2 Å². The normalized spacial score (nSPS) is 22.4. The first-order valence-corrected chi connectivity index (χ1v) is 14.2. The lowest BCUT2D eigenvalue weighted by molar-refractivity contribution is -0.118. The number of hydrogen-bond donors (Lipinski definition) is 3. The summed E-state index contributed by atoms with van der Waals surface area (Å²) in [6.07, 6.45) is 0.535. The van der Waals surface area contributed by atoms with E-state index in [0.717, 1.165) is 0 Å². The molecule has 0 radical (unpaired) electrons. The van der Waals surface area contributed by atoms with Crippen LogP contribution in [-0.2, 0) is 10.2 Å². The van der Waals surface area contributed by atoms with Gasteiger partial charge in [-0.05, 0) is 65.4 Å². The molecule has 10 heteroatoms. The third kappa shape index (κ3) is 5.51. The zero-order valence-electron chi connectivity index (χ0n) is 23.4. The van der Waals surface area contributed by atoms with Crippen LogP contribution in [-0.4, -0.2) is 29.1 Å². The van der Waals surface area contributed by atoms with Crippen molar-refractivity contribution in [2.75, 3.05) is 5.32 Å². The molecule has 6 nitrogen and oxygen atoms in total. The summed E-state index contributed by atoms with van der Waals surface area (Å²) in [6.45, 7) is 7.97. The summed E-state index contributed by atoms with van der Waals surface area (Å²) in [7, 11) is 0. The fourth-order valence-corrected chi connectivity index (χ4v) is 6.49. The van der Waals surface area contributed by atoms with E-state index in [9.17, 15) is 14.7 Å². The smallest absolute Gasteiger partial charge is 0.371 e. The van der Waals surface area contributed by atoms with Crippen molar-refractivity contribution in [1.29, 1.82) is 0 Å². The molecule has 42 heavy (non-hydrogen) atoms. The van der Waals surface area contributed by atoms with Gasteiger partial charge in [0.25, 0.3) is 0 Å². The molecule has 220 valence electrons. The van der Waals surface area contributed by atoms with Gasteiger partial charge in [-0.3, -0.25) is 4.79 Å². The van der Waals surface area contributed by atoms with Gasteiger partial charge in [-0.2, -0.15) is 0 Å². The van der Waals surface area contributed by atoms with Crippen molar-refractivity contribution in [1.82, 2.24) is 5.32 Å². The number of aromatic carboxylic acids is 1. The molecule has 1 aliphatic heterocycles. The van der Waals surface area contributed by atoms with Crippen LogP contribution in [0.25, 0.3) is 11.0 Å². The van der Waals surface area contributed by atoms with Crippen molar-refractivity contribution < 1.29 is 27.9 Å². The Morgan fingerprint density at radius 2 is 1.81 bits per heavy atom. The van der Waals surface area contributed by atoms with Crippen molar-refractivity contribution in [2.45, 2.75) is 57.5 Å². The van der Waals surface area contributed by atoms with Crippen LogP contribution in [0.2, 0.25) is 10.0 Å². The van der Waals surface area contributed by atoms with E-state index in [2.05, 4.69) is 10.6 Å². The maximum Gasteiger partial charge on any atom is 0.371 e. The highest BCUT2D eigenvalue weighted by molar-refractivity contribution is 6.31. The second-order valence-electron chi connectivity index (χ2n) is 12.1. The first kappa shape index (κ1) is 30.0. The number of carbonyl (C=O) groups excluding carboxylic acids is 1. The average molecular weight is 616 g/mol. The largest absolute Gasteiger partial charge is 0.475 e. The molecule has 0 bridgehead atoms. The summed E-state index contributed by atoms with van der Waals surface area (Å²) in [5.41, 5.74) is -0.136. The Kier molecular flexibility index (Phi) is 7.85.